The normalized spacial score (nSPS) is 28.9. The van der Waals surface area contributed by atoms with Gasteiger partial charge in [0.15, 0.2) is 11.6 Å². The summed E-state index contributed by atoms with van der Waals surface area (Å²) >= 11 is 8.93. The fourth-order valence-corrected chi connectivity index (χ4v) is 2.81. The Hall–Kier alpha value is -0.720. The first-order chi connectivity index (χ1) is 8.56. The molecule has 0 radical (unpaired) electrons. The largest absolute Gasteiger partial charge is 0.303 e. The highest BCUT2D eigenvalue weighted by Gasteiger charge is 2.48. The quantitative estimate of drug-likeness (QED) is 0.666. The molecule has 0 bridgehead atoms. The van der Waals surface area contributed by atoms with Gasteiger partial charge in [-0.25, -0.2) is 13.8 Å². The molecule has 1 aliphatic carbocycles. The van der Waals surface area contributed by atoms with Crippen LogP contribution in [-0.4, -0.2) is 23.0 Å². The van der Waals surface area contributed by atoms with Crippen molar-refractivity contribution in [2.45, 2.75) is 24.9 Å². The summed E-state index contributed by atoms with van der Waals surface area (Å²) in [5.74, 6) is 0.0978. The van der Waals surface area contributed by atoms with Crippen LogP contribution in [0.2, 0.25) is 0 Å². The zero-order chi connectivity index (χ0) is 12.9. The number of aromatic nitrogens is 1. The van der Waals surface area contributed by atoms with E-state index in [1.54, 1.807) is 0 Å². The fraction of sp³-hybridized carbons (Fsp3) is 0.455. The Bertz CT molecular complexity index is 505. The molecule has 1 aromatic heterocycles. The second-order valence-corrected chi connectivity index (χ2v) is 5.71. The molecule has 1 aromatic rings. The number of pyridine rings is 1. The summed E-state index contributed by atoms with van der Waals surface area (Å²) in [7, 11) is 0. The van der Waals surface area contributed by atoms with Gasteiger partial charge in [-0.1, -0.05) is 0 Å². The molecule has 1 N–H and O–H groups in total. The van der Waals surface area contributed by atoms with E-state index in [-0.39, 0.29) is 22.4 Å². The topological polar surface area (TPSA) is 45.2 Å². The van der Waals surface area contributed by atoms with E-state index in [9.17, 15) is 9.18 Å². The van der Waals surface area contributed by atoms with Crippen LogP contribution in [0.3, 0.4) is 0 Å². The van der Waals surface area contributed by atoms with Crippen molar-refractivity contribution in [3.05, 3.63) is 22.6 Å². The molecule has 0 aromatic carbocycles. The number of rotatable bonds is 2. The number of halogens is 3. The predicted octanol–water partition coefficient (Wildman–Crippen LogP) is 2.22. The number of fused-ring (bicyclic) bond motifs is 1. The minimum atomic E-state index is -0.489. The first-order valence-electron chi connectivity index (χ1n) is 5.64. The maximum atomic E-state index is 13.1. The van der Waals surface area contributed by atoms with Crippen LogP contribution in [0.1, 0.15) is 12.8 Å². The van der Waals surface area contributed by atoms with Crippen molar-refractivity contribution in [2.75, 3.05) is 4.42 Å². The van der Waals surface area contributed by atoms with E-state index in [1.165, 1.54) is 12.1 Å². The summed E-state index contributed by atoms with van der Waals surface area (Å²) in [5.41, 5.74) is 0. The van der Waals surface area contributed by atoms with Crippen molar-refractivity contribution < 1.29 is 9.18 Å². The number of carbonyl (C=O) groups is 1. The average molecular weight is 335 g/mol. The van der Waals surface area contributed by atoms with E-state index in [4.69, 9.17) is 11.8 Å². The molecule has 2 fully saturated rings. The summed E-state index contributed by atoms with van der Waals surface area (Å²) < 4.78 is 14.0. The molecule has 3 rings (SSSR count). The van der Waals surface area contributed by atoms with Crippen molar-refractivity contribution in [2.24, 2.45) is 5.92 Å². The van der Waals surface area contributed by atoms with Crippen LogP contribution in [0.15, 0.2) is 16.7 Å². The Morgan fingerprint density at radius 1 is 1.56 bits per heavy atom. The van der Waals surface area contributed by atoms with Crippen LogP contribution < -0.4 is 9.74 Å². The van der Waals surface area contributed by atoms with Gasteiger partial charge in [-0.3, -0.25) is 4.79 Å². The monoisotopic (exact) mass is 333 g/mol. The molecule has 1 saturated carbocycles. The third-order valence-corrected chi connectivity index (χ3v) is 4.25. The molecule has 7 heteroatoms. The predicted molar refractivity (Wildman–Crippen MR) is 68.7 cm³/mol. The van der Waals surface area contributed by atoms with E-state index in [0.29, 0.717) is 12.0 Å². The second kappa shape index (κ2) is 4.43. The highest BCUT2D eigenvalue weighted by molar-refractivity contribution is 9.10. The number of carbonyl (C=O) groups excluding carboxylic acids is 1. The van der Waals surface area contributed by atoms with Gasteiger partial charge in [0.1, 0.15) is 4.60 Å². The van der Waals surface area contributed by atoms with E-state index in [0.717, 1.165) is 17.3 Å². The summed E-state index contributed by atoms with van der Waals surface area (Å²) in [6.07, 6.45) is 1.96. The molecule has 1 aliphatic heterocycles. The maximum absolute atomic E-state index is 13.1. The SMILES string of the molecule is O=C([C@@H]1C[C@H]2C[C@H]2N1)N(Cl)c1ccc(F)c(Br)n1. The first-order valence-corrected chi connectivity index (χ1v) is 6.77. The molecule has 2 heterocycles. The summed E-state index contributed by atoms with van der Waals surface area (Å²) in [5, 5.41) is 3.22. The summed E-state index contributed by atoms with van der Waals surface area (Å²) in [6, 6.07) is 2.81. The molecule has 1 amide bonds. The van der Waals surface area contributed by atoms with Crippen molar-refractivity contribution in [1.29, 1.82) is 0 Å². The average Bonchev–Trinajstić information content (AvgIpc) is 2.98. The Morgan fingerprint density at radius 2 is 2.33 bits per heavy atom. The molecule has 4 nitrogen and oxygen atoms in total. The van der Waals surface area contributed by atoms with Gasteiger partial charge in [0.2, 0.25) is 0 Å². The van der Waals surface area contributed by atoms with Crippen LogP contribution in [0.25, 0.3) is 0 Å². The molecule has 2 aliphatic rings. The lowest BCUT2D eigenvalue weighted by molar-refractivity contribution is -0.119. The molecular formula is C11H10BrClFN3O. The molecule has 18 heavy (non-hydrogen) atoms. The smallest absolute Gasteiger partial charge is 0.260 e. The number of hydrogen-bond donors (Lipinski definition) is 1. The Labute approximate surface area is 117 Å². The van der Waals surface area contributed by atoms with E-state index in [1.807, 2.05) is 0 Å². The Kier molecular flexibility index (Phi) is 3.03. The maximum Gasteiger partial charge on any atom is 0.260 e. The zero-order valence-corrected chi connectivity index (χ0v) is 11.6. The van der Waals surface area contributed by atoms with Crippen LogP contribution in [-0.2, 0) is 4.79 Å². The van der Waals surface area contributed by atoms with Crippen LogP contribution >= 0.6 is 27.7 Å². The van der Waals surface area contributed by atoms with Gasteiger partial charge < -0.3 is 5.32 Å². The highest BCUT2D eigenvalue weighted by Crippen LogP contribution is 2.41. The van der Waals surface area contributed by atoms with Crippen molar-refractivity contribution in [1.82, 2.24) is 10.3 Å². The number of nitrogens with zero attached hydrogens (tertiary/aromatic N) is 2. The lowest BCUT2D eigenvalue weighted by Crippen LogP contribution is -2.41. The van der Waals surface area contributed by atoms with Gasteiger partial charge in [0, 0.05) is 17.8 Å². The summed E-state index contributed by atoms with van der Waals surface area (Å²) in [6.45, 7) is 0. The molecule has 3 atom stereocenters. The van der Waals surface area contributed by atoms with E-state index < -0.39 is 5.82 Å². The molecule has 0 unspecified atom stereocenters. The minimum absolute atomic E-state index is 0.0423. The third-order valence-electron chi connectivity index (χ3n) is 3.36. The van der Waals surface area contributed by atoms with Crippen molar-refractivity contribution >= 4 is 39.4 Å². The van der Waals surface area contributed by atoms with Gasteiger partial charge in [-0.05, 0) is 46.8 Å². The minimum Gasteiger partial charge on any atom is -0.303 e. The Balaban J connectivity index is 1.74. The van der Waals surface area contributed by atoms with Gasteiger partial charge in [-0.15, -0.1) is 0 Å². The molecular weight excluding hydrogens is 324 g/mol. The number of nitrogens with one attached hydrogen (secondary N) is 1. The van der Waals surface area contributed by atoms with Gasteiger partial charge in [0.05, 0.1) is 6.04 Å². The van der Waals surface area contributed by atoms with E-state index >= 15 is 0 Å². The number of hydrogen-bond acceptors (Lipinski definition) is 3. The zero-order valence-electron chi connectivity index (χ0n) is 9.24. The van der Waals surface area contributed by atoms with Crippen molar-refractivity contribution in [3.8, 4) is 0 Å². The van der Waals surface area contributed by atoms with E-state index in [2.05, 4.69) is 26.2 Å². The van der Waals surface area contributed by atoms with Gasteiger partial charge >= 0.3 is 0 Å². The third kappa shape index (κ3) is 2.13. The van der Waals surface area contributed by atoms with Crippen LogP contribution in [0, 0.1) is 11.7 Å². The molecule has 1 saturated heterocycles. The first kappa shape index (κ1) is 12.3. The van der Waals surface area contributed by atoms with Gasteiger partial charge in [-0.2, -0.15) is 0 Å². The van der Waals surface area contributed by atoms with Crippen molar-refractivity contribution in [3.63, 3.8) is 0 Å². The lowest BCUT2D eigenvalue weighted by Gasteiger charge is -2.18. The summed E-state index contributed by atoms with van der Waals surface area (Å²) in [4.78, 5) is 16.0. The van der Waals surface area contributed by atoms with Gasteiger partial charge in [0.25, 0.3) is 5.91 Å². The molecule has 96 valence electrons. The number of amides is 1. The number of piperidine rings is 1. The highest BCUT2D eigenvalue weighted by atomic mass is 79.9. The molecule has 0 spiro atoms. The second-order valence-electron chi connectivity index (χ2n) is 4.62. The van der Waals surface area contributed by atoms with Crippen LogP contribution in [0.4, 0.5) is 10.2 Å². The van der Waals surface area contributed by atoms with Crippen LogP contribution in [0.5, 0.6) is 0 Å². The lowest BCUT2D eigenvalue weighted by atomic mass is 10.1. The number of anilines is 1. The standard InChI is InChI=1S/C11H10BrClFN3O/c12-10-6(14)1-2-9(16-10)17(13)11(18)8-4-5-3-7(5)15-8/h1-2,5,7-8,15H,3-4H2/t5-,7-,8+/m1/s1. The fourth-order valence-electron chi connectivity index (χ4n) is 2.28. The Morgan fingerprint density at radius 3 is 2.94 bits per heavy atom.